The smallest absolute Gasteiger partial charge is 0.262 e. The van der Waals surface area contributed by atoms with Crippen LogP contribution in [-0.2, 0) is 20.0 Å². The molecule has 0 spiro atoms. The van der Waals surface area contributed by atoms with Gasteiger partial charge in [-0.2, -0.15) is 0 Å². The zero-order valence-corrected chi connectivity index (χ0v) is 22.2. The molecule has 0 unspecified atom stereocenters. The van der Waals surface area contributed by atoms with Gasteiger partial charge < -0.3 is 14.8 Å². The number of amides is 1. The van der Waals surface area contributed by atoms with Gasteiger partial charge in [-0.15, -0.1) is 0 Å². The Morgan fingerprint density at radius 3 is 2.14 bits per heavy atom. The zero-order valence-electron chi connectivity index (χ0n) is 19.8. The molecule has 0 aliphatic carbocycles. The van der Waals surface area contributed by atoms with Crippen LogP contribution in [-0.4, -0.2) is 55.4 Å². The summed E-state index contributed by atoms with van der Waals surface area (Å²) in [5, 5.41) is 2.76. The van der Waals surface area contributed by atoms with E-state index < -0.39 is 26.0 Å². The van der Waals surface area contributed by atoms with Crippen LogP contribution in [0.15, 0.2) is 70.5 Å². The van der Waals surface area contributed by atoms with Crippen LogP contribution in [0.3, 0.4) is 0 Å². The lowest BCUT2D eigenvalue weighted by atomic mass is 10.2. The Balaban J connectivity index is 1.87. The monoisotopic (exact) mass is 553 g/mol. The number of halogens is 1. The third-order valence-corrected chi connectivity index (χ3v) is 8.46. The number of benzene rings is 3. The normalized spacial score (nSPS) is 11.7. The average molecular weight is 554 g/mol. The lowest BCUT2D eigenvalue weighted by molar-refractivity contribution is 0.102. The zero-order chi connectivity index (χ0) is 26.7. The Bertz CT molecular complexity index is 1510. The van der Waals surface area contributed by atoms with Crippen LogP contribution in [0.1, 0.15) is 10.4 Å². The predicted octanol–water partition coefficient (Wildman–Crippen LogP) is 3.66. The van der Waals surface area contributed by atoms with Gasteiger partial charge in [-0.05, 0) is 42.5 Å². The highest BCUT2D eigenvalue weighted by molar-refractivity contribution is 7.92. The van der Waals surface area contributed by atoms with Gasteiger partial charge in [0.05, 0.1) is 34.7 Å². The molecule has 3 aromatic rings. The first-order chi connectivity index (χ1) is 16.9. The number of sulfonamides is 2. The van der Waals surface area contributed by atoms with Gasteiger partial charge in [0, 0.05) is 31.4 Å². The van der Waals surface area contributed by atoms with Crippen LogP contribution in [0, 0.1) is 0 Å². The van der Waals surface area contributed by atoms with E-state index in [9.17, 15) is 21.6 Å². The Morgan fingerprint density at radius 2 is 1.50 bits per heavy atom. The van der Waals surface area contributed by atoms with E-state index in [1.807, 2.05) is 0 Å². The minimum Gasteiger partial charge on any atom is -0.495 e. The van der Waals surface area contributed by atoms with E-state index in [1.165, 1.54) is 89.0 Å². The first-order valence-electron chi connectivity index (χ1n) is 10.3. The van der Waals surface area contributed by atoms with Crippen molar-refractivity contribution in [2.45, 2.75) is 9.79 Å². The summed E-state index contributed by atoms with van der Waals surface area (Å²) in [7, 11) is -2.26. The molecule has 1 amide bonds. The Kier molecular flexibility index (Phi) is 8.14. The van der Waals surface area contributed by atoms with Crippen molar-refractivity contribution in [3.05, 3.63) is 71.2 Å². The van der Waals surface area contributed by atoms with E-state index in [0.29, 0.717) is 5.75 Å². The van der Waals surface area contributed by atoms with E-state index in [2.05, 4.69) is 10.0 Å². The van der Waals surface area contributed by atoms with Gasteiger partial charge in [0.1, 0.15) is 11.5 Å². The summed E-state index contributed by atoms with van der Waals surface area (Å²) in [5.74, 6) is -0.143. The summed E-state index contributed by atoms with van der Waals surface area (Å²) >= 11 is 6.13. The summed E-state index contributed by atoms with van der Waals surface area (Å²) < 4.78 is 64.6. The van der Waals surface area contributed by atoms with Gasteiger partial charge in [0.25, 0.3) is 15.9 Å². The second-order valence-electron chi connectivity index (χ2n) is 7.59. The van der Waals surface area contributed by atoms with Crippen LogP contribution < -0.4 is 19.5 Å². The molecule has 0 aromatic heterocycles. The maximum Gasteiger partial charge on any atom is 0.262 e. The standard InChI is InChI=1S/C23H24ClN3O7S2/c1-27(2)36(31,32)18-10-6-8-16(12-18)25-23(28)15-7-5-9-17(11-15)35(29,30)26-20-13-19(24)21(33-3)14-22(20)34-4/h5-14,26H,1-4H3,(H,25,28). The molecule has 0 atom stereocenters. The second kappa shape index (κ2) is 10.7. The van der Waals surface area contributed by atoms with Crippen molar-refractivity contribution in [3.8, 4) is 11.5 Å². The van der Waals surface area contributed by atoms with Crippen molar-refractivity contribution in [1.29, 1.82) is 0 Å². The van der Waals surface area contributed by atoms with Crippen molar-refractivity contribution in [3.63, 3.8) is 0 Å². The maximum absolute atomic E-state index is 13.0. The van der Waals surface area contributed by atoms with Crippen molar-refractivity contribution in [2.24, 2.45) is 0 Å². The average Bonchev–Trinajstić information content (AvgIpc) is 2.84. The van der Waals surface area contributed by atoms with E-state index in [-0.39, 0.29) is 37.5 Å². The molecule has 36 heavy (non-hydrogen) atoms. The number of nitrogens with zero attached hydrogens (tertiary/aromatic N) is 1. The molecule has 10 nitrogen and oxygen atoms in total. The summed E-state index contributed by atoms with van der Waals surface area (Å²) in [6.07, 6.45) is 0. The van der Waals surface area contributed by atoms with E-state index in [4.69, 9.17) is 21.1 Å². The third-order valence-electron chi connectivity index (χ3n) is 5.00. The fraction of sp³-hybridized carbons (Fsp3) is 0.174. The van der Waals surface area contributed by atoms with Crippen molar-refractivity contribution in [2.75, 3.05) is 38.4 Å². The Morgan fingerprint density at radius 1 is 0.861 bits per heavy atom. The minimum atomic E-state index is -4.14. The number of hydrogen-bond acceptors (Lipinski definition) is 7. The molecule has 0 heterocycles. The fourth-order valence-electron chi connectivity index (χ4n) is 3.10. The highest BCUT2D eigenvalue weighted by Gasteiger charge is 2.21. The number of hydrogen-bond donors (Lipinski definition) is 2. The molecule has 0 bridgehead atoms. The van der Waals surface area contributed by atoms with Gasteiger partial charge in [-0.25, -0.2) is 21.1 Å². The van der Waals surface area contributed by atoms with Crippen LogP contribution in [0.2, 0.25) is 5.02 Å². The van der Waals surface area contributed by atoms with Gasteiger partial charge in [-0.3, -0.25) is 9.52 Å². The van der Waals surface area contributed by atoms with E-state index in [0.717, 1.165) is 4.31 Å². The van der Waals surface area contributed by atoms with Crippen LogP contribution >= 0.6 is 11.6 Å². The van der Waals surface area contributed by atoms with Crippen molar-refractivity contribution >= 4 is 48.9 Å². The lowest BCUT2D eigenvalue weighted by Gasteiger charge is -2.15. The van der Waals surface area contributed by atoms with Crippen molar-refractivity contribution in [1.82, 2.24) is 4.31 Å². The molecule has 0 aliphatic heterocycles. The third kappa shape index (κ3) is 5.90. The molecular formula is C23H24ClN3O7S2. The maximum atomic E-state index is 13.0. The highest BCUT2D eigenvalue weighted by atomic mass is 35.5. The first-order valence-corrected chi connectivity index (χ1v) is 13.6. The quantitative estimate of drug-likeness (QED) is 0.413. The summed E-state index contributed by atoms with van der Waals surface area (Å²) in [6.45, 7) is 0. The molecule has 3 rings (SSSR count). The van der Waals surface area contributed by atoms with E-state index in [1.54, 1.807) is 0 Å². The molecule has 0 fully saturated rings. The number of anilines is 2. The summed E-state index contributed by atoms with van der Waals surface area (Å²) in [6, 6.07) is 13.9. The number of carbonyl (C=O) groups excluding carboxylic acids is 1. The molecular weight excluding hydrogens is 530 g/mol. The van der Waals surface area contributed by atoms with E-state index >= 15 is 0 Å². The Hall–Kier alpha value is -3.32. The first kappa shape index (κ1) is 27.3. The lowest BCUT2D eigenvalue weighted by Crippen LogP contribution is -2.22. The topological polar surface area (TPSA) is 131 Å². The fourth-order valence-corrected chi connectivity index (χ4v) is 5.39. The molecule has 192 valence electrons. The number of methoxy groups -OCH3 is 2. The number of nitrogens with one attached hydrogen (secondary N) is 2. The summed E-state index contributed by atoms with van der Waals surface area (Å²) in [4.78, 5) is 12.6. The number of rotatable bonds is 9. The molecule has 3 aromatic carbocycles. The van der Waals surface area contributed by atoms with Gasteiger partial charge in [-0.1, -0.05) is 23.7 Å². The second-order valence-corrected chi connectivity index (χ2v) is 11.8. The van der Waals surface area contributed by atoms with Gasteiger partial charge in [0.15, 0.2) is 0 Å². The predicted molar refractivity (Wildman–Crippen MR) is 137 cm³/mol. The molecule has 0 radical (unpaired) electrons. The molecule has 0 aliphatic rings. The SMILES string of the molecule is COc1cc(OC)c(NS(=O)(=O)c2cccc(C(=O)Nc3cccc(S(=O)(=O)N(C)C)c3)c2)cc1Cl. The number of ether oxygens (including phenoxy) is 2. The molecule has 0 saturated carbocycles. The van der Waals surface area contributed by atoms with Gasteiger partial charge >= 0.3 is 0 Å². The van der Waals surface area contributed by atoms with Gasteiger partial charge in [0.2, 0.25) is 10.0 Å². The molecule has 13 heteroatoms. The van der Waals surface area contributed by atoms with Crippen LogP contribution in [0.4, 0.5) is 11.4 Å². The summed E-state index contributed by atoms with van der Waals surface area (Å²) in [5.41, 5.74) is 0.350. The van der Waals surface area contributed by atoms with Crippen LogP contribution in [0.5, 0.6) is 11.5 Å². The van der Waals surface area contributed by atoms with Crippen LogP contribution in [0.25, 0.3) is 0 Å². The molecule has 2 N–H and O–H groups in total. The number of carbonyl (C=O) groups is 1. The largest absolute Gasteiger partial charge is 0.495 e. The Labute approximate surface area is 214 Å². The highest BCUT2D eigenvalue weighted by Crippen LogP contribution is 2.37. The van der Waals surface area contributed by atoms with Crippen molar-refractivity contribution < 1.29 is 31.1 Å². The minimum absolute atomic E-state index is 0.00192. The molecule has 0 saturated heterocycles.